The molecule has 0 aliphatic heterocycles. The second-order valence-corrected chi connectivity index (χ2v) is 5.30. The molecule has 1 N–H and O–H groups in total. The zero-order valence-corrected chi connectivity index (χ0v) is 13.6. The smallest absolute Gasteiger partial charge is 0.282 e. The molecule has 3 aromatic rings. The van der Waals surface area contributed by atoms with Crippen LogP contribution in [0.3, 0.4) is 0 Å². The summed E-state index contributed by atoms with van der Waals surface area (Å²) in [4.78, 5) is 16.2. The maximum Gasteiger partial charge on any atom is 0.282 e. The number of carbonyl (C=O) groups excluding carboxylic acids is 1. The van der Waals surface area contributed by atoms with Crippen molar-refractivity contribution in [3.63, 3.8) is 0 Å². The largest absolute Gasteiger partial charge is 0.465 e. The predicted octanol–water partition coefficient (Wildman–Crippen LogP) is 3.54. The lowest BCUT2D eigenvalue weighted by atomic mass is 10.2. The number of aromatic nitrogens is 1. The number of halogens is 1. The van der Waals surface area contributed by atoms with Crippen molar-refractivity contribution in [3.05, 3.63) is 70.8 Å². The Morgan fingerprint density at radius 1 is 1.32 bits per heavy atom. The summed E-state index contributed by atoms with van der Waals surface area (Å²) in [6.07, 6.45) is 4.16. The normalized spacial score (nSPS) is 11.6. The Balaban J connectivity index is 1.75. The molecule has 0 unspecified atom stereocenters. The molecule has 0 radical (unpaired) electrons. The van der Waals surface area contributed by atoms with Crippen LogP contribution in [0.5, 0.6) is 0 Å². The van der Waals surface area contributed by atoms with Crippen LogP contribution in [-0.2, 0) is 4.79 Å². The number of furan rings is 1. The summed E-state index contributed by atoms with van der Waals surface area (Å²) in [6, 6.07) is 14.4. The van der Waals surface area contributed by atoms with Crippen LogP contribution >= 0.6 is 11.6 Å². The number of nitriles is 1. The van der Waals surface area contributed by atoms with E-state index in [2.05, 4.69) is 15.5 Å². The molecule has 7 heteroatoms. The Labute approximate surface area is 148 Å². The van der Waals surface area contributed by atoms with Gasteiger partial charge in [-0.15, -0.1) is 0 Å². The number of amides is 1. The molecule has 1 aromatic carbocycles. The fourth-order valence-electron chi connectivity index (χ4n) is 2.08. The number of nitrogens with one attached hydrogen (secondary N) is 1. The molecule has 1 amide bonds. The van der Waals surface area contributed by atoms with Gasteiger partial charge in [0.1, 0.15) is 22.6 Å². The van der Waals surface area contributed by atoms with Crippen LogP contribution in [0.15, 0.2) is 63.8 Å². The summed E-state index contributed by atoms with van der Waals surface area (Å²) in [7, 11) is 0. The van der Waals surface area contributed by atoms with E-state index in [0.29, 0.717) is 11.3 Å². The molecule has 0 spiro atoms. The van der Waals surface area contributed by atoms with Crippen molar-refractivity contribution >= 4 is 40.7 Å². The van der Waals surface area contributed by atoms with E-state index in [1.807, 2.05) is 30.3 Å². The van der Waals surface area contributed by atoms with Gasteiger partial charge in [0.15, 0.2) is 0 Å². The minimum absolute atomic E-state index is 0.130. The molecule has 0 bridgehead atoms. The summed E-state index contributed by atoms with van der Waals surface area (Å²) in [6.45, 7) is 0. The Morgan fingerprint density at radius 2 is 2.16 bits per heavy atom. The zero-order valence-electron chi connectivity index (χ0n) is 12.8. The number of carbonyl (C=O) groups is 1. The van der Waals surface area contributed by atoms with E-state index < -0.39 is 5.91 Å². The van der Waals surface area contributed by atoms with Gasteiger partial charge in [0.25, 0.3) is 5.91 Å². The molecule has 2 aromatic heterocycles. The molecule has 0 saturated carbocycles. The van der Waals surface area contributed by atoms with Crippen molar-refractivity contribution in [2.45, 2.75) is 0 Å². The second kappa shape index (κ2) is 7.43. The van der Waals surface area contributed by atoms with E-state index in [9.17, 15) is 4.79 Å². The van der Waals surface area contributed by atoms with E-state index in [-0.39, 0.29) is 10.7 Å². The highest BCUT2D eigenvalue weighted by Crippen LogP contribution is 2.18. The number of hydrogen-bond donors (Lipinski definition) is 1. The Bertz CT molecular complexity index is 1020. The topological polar surface area (TPSA) is 91.3 Å². The quantitative estimate of drug-likeness (QED) is 0.256. The van der Waals surface area contributed by atoms with Crippen LogP contribution in [0.25, 0.3) is 17.0 Å². The molecule has 6 nitrogen and oxygen atoms in total. The molecule has 0 saturated heterocycles. The van der Waals surface area contributed by atoms with Gasteiger partial charge >= 0.3 is 0 Å². The van der Waals surface area contributed by atoms with Crippen LogP contribution in [0.2, 0.25) is 5.15 Å². The molecule has 25 heavy (non-hydrogen) atoms. The minimum atomic E-state index is -0.653. The van der Waals surface area contributed by atoms with Crippen LogP contribution in [0.4, 0.5) is 0 Å². The Hall–Kier alpha value is -3.43. The van der Waals surface area contributed by atoms with Gasteiger partial charge in [0.05, 0.1) is 18.0 Å². The third-order valence-electron chi connectivity index (χ3n) is 3.27. The number of pyridine rings is 1. The maximum absolute atomic E-state index is 12.0. The predicted molar refractivity (Wildman–Crippen MR) is 94.8 cm³/mol. The third-order valence-corrected chi connectivity index (χ3v) is 3.57. The lowest BCUT2D eigenvalue weighted by Gasteiger charge is -2.02. The number of hydrazone groups is 1. The number of para-hydroxylation sites is 1. The summed E-state index contributed by atoms with van der Waals surface area (Å²) in [5, 5.41) is 14.1. The average molecular weight is 351 g/mol. The van der Waals surface area contributed by atoms with E-state index in [4.69, 9.17) is 21.3 Å². The van der Waals surface area contributed by atoms with Gasteiger partial charge in [-0.2, -0.15) is 10.4 Å². The standard InChI is InChI=1S/C18H11ClN4O2/c19-17-14(8-12-4-1-2-6-16(12)22-17)11-21-23-18(24)13(10-20)9-15-5-3-7-25-15/h1-9,11H,(H,23,24)/b13-9-,21-11+. The first-order valence-electron chi connectivity index (χ1n) is 7.21. The molecule has 0 aliphatic carbocycles. The van der Waals surface area contributed by atoms with Gasteiger partial charge in [-0.05, 0) is 24.3 Å². The van der Waals surface area contributed by atoms with E-state index in [1.54, 1.807) is 18.2 Å². The van der Waals surface area contributed by atoms with Gasteiger partial charge in [-0.1, -0.05) is 29.8 Å². The van der Waals surface area contributed by atoms with E-state index in [0.717, 1.165) is 10.9 Å². The van der Waals surface area contributed by atoms with Crippen molar-refractivity contribution in [2.75, 3.05) is 0 Å². The number of benzene rings is 1. The first-order valence-corrected chi connectivity index (χ1v) is 7.59. The molecule has 122 valence electrons. The zero-order chi connectivity index (χ0) is 17.6. The summed E-state index contributed by atoms with van der Waals surface area (Å²) in [5.41, 5.74) is 3.47. The van der Waals surface area contributed by atoms with Crippen molar-refractivity contribution < 1.29 is 9.21 Å². The summed E-state index contributed by atoms with van der Waals surface area (Å²) < 4.78 is 5.07. The van der Waals surface area contributed by atoms with Crippen molar-refractivity contribution in [2.24, 2.45) is 5.10 Å². The Kier molecular flexibility index (Phi) is 4.88. The van der Waals surface area contributed by atoms with Gasteiger partial charge in [-0.25, -0.2) is 10.4 Å². The van der Waals surface area contributed by atoms with Gasteiger partial charge in [0, 0.05) is 17.0 Å². The summed E-state index contributed by atoms with van der Waals surface area (Å²) >= 11 is 6.11. The minimum Gasteiger partial charge on any atom is -0.465 e. The Morgan fingerprint density at radius 3 is 2.92 bits per heavy atom. The molecule has 0 aliphatic rings. The van der Waals surface area contributed by atoms with Gasteiger partial charge < -0.3 is 4.42 Å². The maximum atomic E-state index is 12.0. The van der Waals surface area contributed by atoms with Crippen LogP contribution in [0, 0.1) is 11.3 Å². The average Bonchev–Trinajstić information content (AvgIpc) is 3.13. The highest BCUT2D eigenvalue weighted by Gasteiger charge is 2.09. The van der Waals surface area contributed by atoms with Crippen molar-refractivity contribution in [1.29, 1.82) is 5.26 Å². The van der Waals surface area contributed by atoms with E-state index in [1.165, 1.54) is 18.6 Å². The van der Waals surface area contributed by atoms with Crippen molar-refractivity contribution in [1.82, 2.24) is 10.4 Å². The highest BCUT2D eigenvalue weighted by molar-refractivity contribution is 6.32. The third kappa shape index (κ3) is 3.91. The van der Waals surface area contributed by atoms with Crippen molar-refractivity contribution in [3.8, 4) is 6.07 Å². The molecular formula is C18H11ClN4O2. The van der Waals surface area contributed by atoms with Crippen LogP contribution < -0.4 is 5.43 Å². The second-order valence-electron chi connectivity index (χ2n) is 4.95. The lowest BCUT2D eigenvalue weighted by Crippen LogP contribution is -2.19. The molecule has 3 rings (SSSR count). The molecule has 0 fully saturated rings. The highest BCUT2D eigenvalue weighted by atomic mass is 35.5. The molecular weight excluding hydrogens is 340 g/mol. The van der Waals surface area contributed by atoms with Gasteiger partial charge in [0.2, 0.25) is 0 Å². The number of fused-ring (bicyclic) bond motifs is 1. The fraction of sp³-hybridized carbons (Fsp3) is 0. The SMILES string of the molecule is N#C/C(=C/c1ccco1)C(=O)N/N=C/c1cc2ccccc2nc1Cl. The molecule has 2 heterocycles. The first kappa shape index (κ1) is 16.4. The summed E-state index contributed by atoms with van der Waals surface area (Å²) in [5.74, 6) is -0.252. The number of rotatable bonds is 4. The molecule has 0 atom stereocenters. The van der Waals surface area contributed by atoms with Crippen LogP contribution in [-0.4, -0.2) is 17.1 Å². The number of nitrogens with zero attached hydrogens (tertiary/aromatic N) is 3. The monoisotopic (exact) mass is 350 g/mol. The first-order chi connectivity index (χ1) is 12.2. The fourth-order valence-corrected chi connectivity index (χ4v) is 2.28. The lowest BCUT2D eigenvalue weighted by molar-refractivity contribution is -0.117. The van der Waals surface area contributed by atoms with Crippen LogP contribution in [0.1, 0.15) is 11.3 Å². The number of hydrogen-bond acceptors (Lipinski definition) is 5. The van der Waals surface area contributed by atoms with Gasteiger partial charge in [-0.3, -0.25) is 4.79 Å². The van der Waals surface area contributed by atoms with E-state index >= 15 is 0 Å².